The molecule has 11 aromatic rings. The first kappa shape index (κ1) is 89.3. The highest BCUT2D eigenvalue weighted by molar-refractivity contribution is 7.00. The van der Waals surface area contributed by atoms with Gasteiger partial charge in [-0.2, -0.15) is 17.5 Å². The molecule has 0 saturated carbocycles. The number of ketones is 2. The monoisotopic (exact) mass is 1600 g/mol. The zero-order valence-electron chi connectivity index (χ0n) is 72.1. The summed E-state index contributed by atoms with van der Waals surface area (Å²) in [5.41, 5.74) is 24.7. The van der Waals surface area contributed by atoms with E-state index in [4.69, 9.17) is 37.4 Å². The van der Waals surface area contributed by atoms with Gasteiger partial charge in [-0.1, -0.05) is 332 Å². The van der Waals surface area contributed by atoms with Crippen LogP contribution < -0.4 is 10.4 Å². The van der Waals surface area contributed by atoms with E-state index in [9.17, 15) is 19.8 Å². The number of aromatic hydroxyl groups is 2. The first-order valence-electron chi connectivity index (χ1n) is 39.9. The Balaban J connectivity index is 0.000000241. The highest BCUT2D eigenvalue weighted by Crippen LogP contribution is 2.54. The molecule has 0 radical (unpaired) electrons. The molecule has 4 aromatic heterocycles. The van der Waals surface area contributed by atoms with Crippen molar-refractivity contribution in [1.29, 1.82) is 0 Å². The third kappa shape index (κ3) is 17.2. The van der Waals surface area contributed by atoms with Crippen LogP contribution in [-0.2, 0) is 31.2 Å². The van der Waals surface area contributed by atoms with E-state index >= 15 is 0 Å². The van der Waals surface area contributed by atoms with Gasteiger partial charge < -0.3 is 10.2 Å². The summed E-state index contributed by atoms with van der Waals surface area (Å²) in [7, 11) is 0. The van der Waals surface area contributed by atoms with Crippen LogP contribution in [0.3, 0.4) is 0 Å². The topological polar surface area (TPSA) is 178 Å². The number of hydrogen-bond acceptors (Lipinski definition) is 14. The van der Waals surface area contributed by atoms with Crippen LogP contribution in [0, 0.1) is 49.4 Å². The predicted molar refractivity (Wildman–Crippen MR) is 492 cm³/mol. The van der Waals surface area contributed by atoms with E-state index in [0.29, 0.717) is 33.6 Å². The van der Waals surface area contributed by atoms with E-state index in [1.807, 2.05) is 24.3 Å². The Morgan fingerprint density at radius 1 is 0.291 bits per heavy atom. The number of aryl methyl sites for hydroxylation is 4. The van der Waals surface area contributed by atoms with Crippen molar-refractivity contribution < 1.29 is 19.8 Å². The van der Waals surface area contributed by atoms with Crippen LogP contribution in [0.15, 0.2) is 168 Å². The van der Waals surface area contributed by atoms with Crippen molar-refractivity contribution in [1.82, 2.24) is 37.4 Å². The Morgan fingerprint density at radius 3 is 0.735 bits per heavy atom. The van der Waals surface area contributed by atoms with Gasteiger partial charge in [0.05, 0.1) is 80.8 Å². The fourth-order valence-corrected chi connectivity index (χ4v) is 17.0. The first-order valence-corrected chi connectivity index (χ1v) is 41.4. The number of benzene rings is 7. The van der Waals surface area contributed by atoms with Crippen LogP contribution in [0.4, 0.5) is 0 Å². The van der Waals surface area contributed by atoms with Gasteiger partial charge in [0.2, 0.25) is 0 Å². The Hall–Kier alpha value is -10.0. The van der Waals surface area contributed by atoms with Crippen molar-refractivity contribution in [3.05, 3.63) is 257 Å². The number of carbonyl (C=O) groups is 2. The fourth-order valence-electron chi connectivity index (χ4n) is 15.8. The van der Waals surface area contributed by atoms with E-state index < -0.39 is 33.5 Å². The average Bonchev–Trinajstić information content (AvgIpc) is 1.71. The highest BCUT2D eigenvalue weighted by atomic mass is 32.1. The minimum atomic E-state index is -0.424. The number of allylic oxidation sites excluding steroid dienone is 8. The number of rotatable bonds is 6. The molecule has 2 atom stereocenters. The number of nitrogens with zero attached hydrogens (tertiary/aromatic N) is 8. The minimum Gasteiger partial charge on any atom is -0.507 e. The molecule has 0 spiro atoms. The van der Waals surface area contributed by atoms with Crippen molar-refractivity contribution >= 4 is 68.2 Å². The second kappa shape index (κ2) is 31.7. The lowest BCUT2D eigenvalue weighted by molar-refractivity contribution is -0.114. The van der Waals surface area contributed by atoms with Crippen molar-refractivity contribution in [2.75, 3.05) is 0 Å². The second-order valence-corrected chi connectivity index (χ2v) is 41.2. The molecule has 14 heteroatoms. The molecule has 3 aliphatic rings. The van der Waals surface area contributed by atoms with Crippen molar-refractivity contribution in [2.24, 2.45) is 21.7 Å². The smallest absolute Gasteiger partial charge is 0.186 e. The Labute approximate surface area is 705 Å². The maximum Gasteiger partial charge on any atom is 0.186 e. The lowest BCUT2D eigenvalue weighted by atomic mass is 9.71. The molecule has 0 amide bonds. The van der Waals surface area contributed by atoms with Gasteiger partial charge in [-0.25, -0.2) is 19.9 Å². The fraction of sp³-hybridized carbons (Fsp3) is 0.398. The van der Waals surface area contributed by atoms with Gasteiger partial charge in [0.15, 0.2) is 11.6 Å². The summed E-state index contributed by atoms with van der Waals surface area (Å²) < 4.78 is 20.3. The molecule has 117 heavy (non-hydrogen) atoms. The van der Waals surface area contributed by atoms with Crippen molar-refractivity contribution in [3.63, 3.8) is 0 Å². The van der Waals surface area contributed by atoms with Gasteiger partial charge in [-0.3, -0.25) is 9.59 Å². The molecule has 0 fully saturated rings. The summed E-state index contributed by atoms with van der Waals surface area (Å²) in [6.07, 6.45) is 8.14. The Morgan fingerprint density at radius 2 is 0.513 bits per heavy atom. The van der Waals surface area contributed by atoms with Gasteiger partial charge in [0, 0.05) is 55.0 Å². The molecule has 14 rings (SSSR count). The standard InChI is InChI=1S/C50H58N4O2S.C50H54N4O2S.3CH4/c2*1-27-15-19-29(20-16-27)39-40(30-21-17-28(2)18-22-30)52-42-38(32-25-35(49(9,10)11)46(56)36(26-32)50(12,13)14)44-43(53-57-54-44)37(41(42)51-39)31-23-33(47(3,4)5)45(55)34(24-31)48(6,7)8;;;/h15-26,37-38,55-56H,1-14H3;15-26H,1-14H3;3*1H4. The van der Waals surface area contributed by atoms with Crippen LogP contribution in [0.25, 0.3) is 78.2 Å². The molecule has 2 unspecified atom stereocenters. The number of aromatic nitrogens is 8. The third-order valence-corrected chi connectivity index (χ3v) is 23.5. The normalized spacial score (nSPS) is 15.6. The maximum absolute atomic E-state index is 14.2. The van der Waals surface area contributed by atoms with E-state index in [1.165, 1.54) is 22.9 Å². The molecule has 0 bridgehead atoms. The molecule has 612 valence electrons. The molecule has 4 heterocycles. The first-order chi connectivity index (χ1) is 52.9. The largest absolute Gasteiger partial charge is 0.507 e. The van der Waals surface area contributed by atoms with E-state index in [-0.39, 0.29) is 55.5 Å². The zero-order valence-corrected chi connectivity index (χ0v) is 73.7. The second-order valence-electron chi connectivity index (χ2n) is 40.1. The van der Waals surface area contributed by atoms with Crippen molar-refractivity contribution in [3.8, 4) is 56.5 Å². The number of fused-ring (bicyclic) bond motifs is 4. The average molecular weight is 1600 g/mol. The number of Topliss-reactive ketones (excluding diaryl/α,β-unsaturated/α-hetero) is 2. The SMILES string of the molecule is C.C.C.Cc1ccc(-c2nc3c(=C4C=C(C(C)(C)C)C(=O)C(C(C)(C)C)=C4)c4nsnc4c(=C4C=C(C(C)(C)C)C(=O)C(C(C)(C)C)=C4)c3nc2-c2ccc(C)cc2)cc1.Cc1ccc(-c2nc3c(nc2-c2ccc(C)cc2)C(c2cc(C(C)(C)C)c(O)c(C(C)(C)C)c2)c2nsnc2C3c2cc(C(C)(C)C)c(O)c(C(C)(C)C)c2)cc1. The highest BCUT2D eigenvalue weighted by Gasteiger charge is 2.45. The quantitative estimate of drug-likeness (QED) is 0.161. The van der Waals surface area contributed by atoms with Gasteiger partial charge in [-0.15, -0.1) is 0 Å². The number of hydrogen-bond donors (Lipinski definition) is 2. The van der Waals surface area contributed by atoms with Gasteiger partial charge >= 0.3 is 0 Å². The third-order valence-electron chi connectivity index (χ3n) is 22.4. The molecular weight excluding hydrogens is 1480 g/mol. The summed E-state index contributed by atoms with van der Waals surface area (Å²) in [5.74, 6) is -0.0290. The molecule has 7 aromatic carbocycles. The van der Waals surface area contributed by atoms with Crippen LogP contribution in [0.5, 0.6) is 11.5 Å². The predicted octanol–water partition coefficient (Wildman–Crippen LogP) is 25.4. The lowest BCUT2D eigenvalue weighted by Crippen LogP contribution is -2.30. The Kier molecular flexibility index (Phi) is 24.2. The van der Waals surface area contributed by atoms with E-state index in [2.05, 4.69) is 315 Å². The molecule has 0 aliphatic heterocycles. The summed E-state index contributed by atoms with van der Waals surface area (Å²) in [6, 6.07) is 42.5. The van der Waals surface area contributed by atoms with Crippen LogP contribution in [-0.4, -0.2) is 59.2 Å². The molecule has 2 N–H and O–H groups in total. The summed E-state index contributed by atoms with van der Waals surface area (Å²) in [6.45, 7) is 59.1. The molecule has 12 nitrogen and oxygen atoms in total. The minimum absolute atomic E-state index is 0. The molecule has 3 aliphatic carbocycles. The Bertz CT molecular complexity index is 5500. The number of phenols is 2. The molecular formula is C103H124N8O4S2. The van der Waals surface area contributed by atoms with Gasteiger partial charge in [-0.05, 0) is 140 Å². The lowest BCUT2D eigenvalue weighted by Gasteiger charge is -2.34. The number of carbonyl (C=O) groups excluding carboxylic acids is 2. The zero-order chi connectivity index (χ0) is 83.1. The summed E-state index contributed by atoms with van der Waals surface area (Å²) in [5, 5.41) is 25.3. The number of phenolic OH excluding ortho intramolecular Hbond substituents is 2. The molecule has 0 saturated heterocycles. The van der Waals surface area contributed by atoms with E-state index in [0.717, 1.165) is 168 Å². The summed E-state index contributed by atoms with van der Waals surface area (Å²) in [4.78, 5) is 51.3. The maximum atomic E-state index is 14.2. The van der Waals surface area contributed by atoms with Crippen molar-refractivity contribution in [2.45, 2.75) is 250 Å². The van der Waals surface area contributed by atoms with Crippen LogP contribution in [0.1, 0.15) is 279 Å². The van der Waals surface area contributed by atoms with Crippen LogP contribution >= 0.6 is 23.5 Å². The van der Waals surface area contributed by atoms with E-state index in [1.54, 1.807) is 0 Å². The van der Waals surface area contributed by atoms with Gasteiger partial charge in [0.1, 0.15) is 33.6 Å². The van der Waals surface area contributed by atoms with Gasteiger partial charge in [0.25, 0.3) is 0 Å². The summed E-state index contributed by atoms with van der Waals surface area (Å²) >= 11 is 2.37. The van der Waals surface area contributed by atoms with Crippen LogP contribution in [0.2, 0.25) is 0 Å².